The summed E-state index contributed by atoms with van der Waals surface area (Å²) in [5.74, 6) is 5.23. The van der Waals surface area contributed by atoms with Gasteiger partial charge in [0.2, 0.25) is 0 Å². The molecule has 18 heavy (non-hydrogen) atoms. The zero-order valence-electron chi connectivity index (χ0n) is 11.2. The standard InChI is InChI=1S/C17H21Br/c1-9-3-6-13(10(2)7-9)17(18)16-14-11-4-5-12(8-11)15(14)16/h3,6-7,11-12,14-17H,4-5,8H2,1-2H3. The fraction of sp³-hybridized carbons (Fsp3) is 0.647. The molecular formula is C17H21Br. The van der Waals surface area contributed by atoms with Gasteiger partial charge >= 0.3 is 0 Å². The van der Waals surface area contributed by atoms with E-state index >= 15 is 0 Å². The summed E-state index contributed by atoms with van der Waals surface area (Å²) in [6.07, 6.45) is 4.60. The molecule has 0 amide bonds. The van der Waals surface area contributed by atoms with E-state index in [1.165, 1.54) is 24.0 Å². The first-order valence-corrected chi connectivity index (χ1v) is 8.29. The summed E-state index contributed by atoms with van der Waals surface area (Å²) in [7, 11) is 0. The molecule has 3 aliphatic carbocycles. The number of aryl methyl sites for hydroxylation is 2. The van der Waals surface area contributed by atoms with Gasteiger partial charge in [-0.25, -0.2) is 0 Å². The van der Waals surface area contributed by atoms with E-state index in [9.17, 15) is 0 Å². The molecule has 3 aliphatic rings. The predicted octanol–water partition coefficient (Wildman–Crippen LogP) is 5.03. The quantitative estimate of drug-likeness (QED) is 0.672. The summed E-state index contributed by atoms with van der Waals surface area (Å²) in [6.45, 7) is 4.45. The zero-order chi connectivity index (χ0) is 12.4. The Morgan fingerprint density at radius 3 is 2.39 bits per heavy atom. The lowest BCUT2D eigenvalue weighted by Gasteiger charge is -2.17. The Bertz CT molecular complexity index is 476. The van der Waals surface area contributed by atoms with Crippen molar-refractivity contribution in [2.24, 2.45) is 29.6 Å². The van der Waals surface area contributed by atoms with Crippen LogP contribution in [0.25, 0.3) is 0 Å². The van der Waals surface area contributed by atoms with Crippen LogP contribution in [0.1, 0.15) is 40.8 Å². The minimum atomic E-state index is 0.608. The van der Waals surface area contributed by atoms with Crippen molar-refractivity contribution in [2.45, 2.75) is 37.9 Å². The lowest BCUT2D eigenvalue weighted by Crippen LogP contribution is -2.05. The number of halogens is 1. The highest BCUT2D eigenvalue weighted by Gasteiger charge is 2.66. The van der Waals surface area contributed by atoms with Gasteiger partial charge in [0.1, 0.15) is 0 Å². The molecule has 0 saturated heterocycles. The van der Waals surface area contributed by atoms with E-state index in [0.29, 0.717) is 4.83 Å². The molecule has 5 atom stereocenters. The molecule has 3 saturated carbocycles. The Morgan fingerprint density at radius 2 is 1.78 bits per heavy atom. The first kappa shape index (κ1) is 11.5. The summed E-state index contributed by atoms with van der Waals surface area (Å²) in [6, 6.07) is 6.94. The Hall–Kier alpha value is -0.300. The van der Waals surface area contributed by atoms with Crippen LogP contribution in [0, 0.1) is 43.4 Å². The van der Waals surface area contributed by atoms with Crippen molar-refractivity contribution >= 4 is 15.9 Å². The van der Waals surface area contributed by atoms with Crippen LogP contribution in [0.4, 0.5) is 0 Å². The third kappa shape index (κ3) is 1.49. The van der Waals surface area contributed by atoms with Crippen molar-refractivity contribution in [3.63, 3.8) is 0 Å². The van der Waals surface area contributed by atoms with Crippen LogP contribution in [-0.2, 0) is 0 Å². The van der Waals surface area contributed by atoms with Crippen LogP contribution in [0.5, 0.6) is 0 Å². The third-order valence-electron chi connectivity index (χ3n) is 5.86. The van der Waals surface area contributed by atoms with E-state index in [0.717, 1.165) is 29.6 Å². The first-order chi connectivity index (χ1) is 8.66. The van der Waals surface area contributed by atoms with Crippen LogP contribution in [0.2, 0.25) is 0 Å². The number of fused-ring (bicyclic) bond motifs is 5. The van der Waals surface area contributed by atoms with Crippen molar-refractivity contribution < 1.29 is 0 Å². The second-order valence-corrected chi connectivity index (χ2v) is 7.81. The monoisotopic (exact) mass is 304 g/mol. The van der Waals surface area contributed by atoms with Gasteiger partial charge in [-0.15, -0.1) is 0 Å². The molecule has 0 aliphatic heterocycles. The van der Waals surface area contributed by atoms with Gasteiger partial charge in [-0.2, -0.15) is 0 Å². The van der Waals surface area contributed by atoms with Crippen LogP contribution in [0.3, 0.4) is 0 Å². The maximum atomic E-state index is 4.03. The molecule has 1 heteroatoms. The molecule has 0 radical (unpaired) electrons. The fourth-order valence-electron chi connectivity index (χ4n) is 5.13. The number of rotatable bonds is 2. The number of benzene rings is 1. The fourth-order valence-corrected chi connectivity index (χ4v) is 6.35. The van der Waals surface area contributed by atoms with E-state index in [2.05, 4.69) is 48.0 Å². The summed E-state index contributed by atoms with van der Waals surface area (Å²) in [5.41, 5.74) is 4.39. The molecule has 0 aromatic heterocycles. The molecule has 5 unspecified atom stereocenters. The predicted molar refractivity (Wildman–Crippen MR) is 78.9 cm³/mol. The molecule has 96 valence electrons. The van der Waals surface area contributed by atoms with Gasteiger partial charge in [-0.05, 0) is 73.8 Å². The van der Waals surface area contributed by atoms with Gasteiger partial charge in [-0.3, -0.25) is 0 Å². The highest BCUT2D eigenvalue weighted by molar-refractivity contribution is 9.09. The van der Waals surface area contributed by atoms with E-state index in [4.69, 9.17) is 0 Å². The number of hydrogen-bond donors (Lipinski definition) is 0. The SMILES string of the molecule is Cc1ccc(C(Br)C2C3C4CCC(C4)C32)c(C)c1. The smallest absolute Gasteiger partial charge is 0.0431 e. The summed E-state index contributed by atoms with van der Waals surface area (Å²) >= 11 is 4.03. The van der Waals surface area contributed by atoms with Gasteiger partial charge in [0.25, 0.3) is 0 Å². The molecule has 0 spiro atoms. The van der Waals surface area contributed by atoms with Crippen molar-refractivity contribution in [1.29, 1.82) is 0 Å². The summed E-state index contributed by atoms with van der Waals surface area (Å²) in [5, 5.41) is 0. The van der Waals surface area contributed by atoms with Crippen molar-refractivity contribution in [3.05, 3.63) is 34.9 Å². The normalized spacial score (nSPS) is 41.8. The van der Waals surface area contributed by atoms with E-state index in [-0.39, 0.29) is 0 Å². The molecule has 0 nitrogen and oxygen atoms in total. The second-order valence-electron chi connectivity index (χ2n) is 6.83. The molecule has 4 rings (SSSR count). The minimum Gasteiger partial charge on any atom is -0.0835 e. The molecular weight excluding hydrogens is 284 g/mol. The second kappa shape index (κ2) is 3.85. The molecule has 1 aromatic rings. The van der Waals surface area contributed by atoms with Crippen LogP contribution < -0.4 is 0 Å². The van der Waals surface area contributed by atoms with Crippen LogP contribution in [0.15, 0.2) is 18.2 Å². The van der Waals surface area contributed by atoms with E-state index in [1.54, 1.807) is 12.0 Å². The maximum Gasteiger partial charge on any atom is 0.0431 e. The van der Waals surface area contributed by atoms with Crippen LogP contribution in [-0.4, -0.2) is 0 Å². The van der Waals surface area contributed by atoms with Gasteiger partial charge in [-0.1, -0.05) is 39.7 Å². The molecule has 1 aromatic carbocycles. The van der Waals surface area contributed by atoms with E-state index in [1.807, 2.05) is 0 Å². The Morgan fingerprint density at radius 1 is 1.11 bits per heavy atom. The molecule has 2 bridgehead atoms. The Balaban J connectivity index is 1.60. The highest BCUT2D eigenvalue weighted by atomic mass is 79.9. The summed E-state index contributed by atoms with van der Waals surface area (Å²) < 4.78 is 0. The first-order valence-electron chi connectivity index (χ1n) is 7.38. The molecule has 3 fully saturated rings. The van der Waals surface area contributed by atoms with Crippen molar-refractivity contribution in [1.82, 2.24) is 0 Å². The third-order valence-corrected chi connectivity index (χ3v) is 6.96. The van der Waals surface area contributed by atoms with E-state index < -0.39 is 0 Å². The maximum absolute atomic E-state index is 4.03. The molecule has 0 N–H and O–H groups in total. The zero-order valence-corrected chi connectivity index (χ0v) is 12.8. The van der Waals surface area contributed by atoms with Crippen molar-refractivity contribution in [2.75, 3.05) is 0 Å². The molecule has 0 heterocycles. The van der Waals surface area contributed by atoms with Gasteiger partial charge in [0, 0.05) is 4.83 Å². The number of hydrogen-bond acceptors (Lipinski definition) is 0. The highest BCUT2D eigenvalue weighted by Crippen LogP contribution is 2.73. The largest absolute Gasteiger partial charge is 0.0835 e. The minimum absolute atomic E-state index is 0.608. The average Bonchev–Trinajstić information content (AvgIpc) is 2.77. The van der Waals surface area contributed by atoms with Gasteiger partial charge < -0.3 is 0 Å². The van der Waals surface area contributed by atoms with Crippen LogP contribution >= 0.6 is 15.9 Å². The van der Waals surface area contributed by atoms with Gasteiger partial charge in [0.05, 0.1) is 0 Å². The lowest BCUT2D eigenvalue weighted by atomic mass is 9.94. The number of alkyl halides is 1. The Labute approximate surface area is 118 Å². The summed E-state index contributed by atoms with van der Waals surface area (Å²) in [4.78, 5) is 0.608. The van der Waals surface area contributed by atoms with Gasteiger partial charge in [0.15, 0.2) is 0 Å². The van der Waals surface area contributed by atoms with Crippen molar-refractivity contribution in [3.8, 4) is 0 Å². The lowest BCUT2D eigenvalue weighted by molar-refractivity contribution is 0.456. The topological polar surface area (TPSA) is 0 Å². The Kier molecular flexibility index (Phi) is 2.46. The average molecular weight is 305 g/mol.